The van der Waals surface area contributed by atoms with Crippen LogP contribution in [-0.4, -0.2) is 41.5 Å². The summed E-state index contributed by atoms with van der Waals surface area (Å²) in [6.07, 6.45) is 0.662. The number of ether oxygens (including phenoxy) is 2. The van der Waals surface area contributed by atoms with E-state index < -0.39 is 0 Å². The molecule has 4 rings (SSSR count). The third kappa shape index (κ3) is 4.04. The lowest BCUT2D eigenvalue weighted by Gasteiger charge is -2.29. The van der Waals surface area contributed by atoms with Crippen molar-refractivity contribution in [3.05, 3.63) is 65.4 Å². The fourth-order valence-electron chi connectivity index (χ4n) is 3.40. The van der Waals surface area contributed by atoms with Gasteiger partial charge in [0.25, 0.3) is 5.91 Å². The van der Waals surface area contributed by atoms with Gasteiger partial charge in [0.05, 0.1) is 14.2 Å². The van der Waals surface area contributed by atoms with Crippen LogP contribution >= 0.6 is 11.8 Å². The molecule has 0 spiro atoms. The number of carbonyl (C=O) groups is 1. The smallest absolute Gasteiger partial charge is 0.273 e. The Morgan fingerprint density at radius 1 is 1.10 bits per heavy atom. The minimum absolute atomic E-state index is 0.101. The number of carbonyl (C=O) groups excluding carboxylic acids is 1. The summed E-state index contributed by atoms with van der Waals surface area (Å²) >= 11 is 1.50. The number of hydrogen-bond acceptors (Lipinski definition) is 7. The van der Waals surface area contributed by atoms with Gasteiger partial charge in [-0.1, -0.05) is 30.0 Å². The first-order chi connectivity index (χ1) is 14.6. The van der Waals surface area contributed by atoms with Crippen molar-refractivity contribution in [2.75, 3.05) is 26.5 Å². The summed E-state index contributed by atoms with van der Waals surface area (Å²) in [5.74, 6) is 1.33. The molecule has 0 radical (unpaired) electrons. The number of benzene rings is 2. The molecule has 0 aliphatic carbocycles. The largest absolute Gasteiger partial charge is 0.497 e. The summed E-state index contributed by atoms with van der Waals surface area (Å²) < 4.78 is 10.7. The highest BCUT2D eigenvalue weighted by Crippen LogP contribution is 2.34. The van der Waals surface area contributed by atoms with Crippen LogP contribution in [0.25, 0.3) is 0 Å². The number of aromatic nitrogens is 2. The number of anilines is 1. The lowest BCUT2D eigenvalue weighted by atomic mass is 10.0. The molecule has 30 heavy (non-hydrogen) atoms. The van der Waals surface area contributed by atoms with Gasteiger partial charge in [0.2, 0.25) is 5.95 Å². The molecule has 2 heterocycles. The fourth-order valence-corrected chi connectivity index (χ4v) is 4.38. The van der Waals surface area contributed by atoms with Crippen molar-refractivity contribution >= 4 is 23.6 Å². The number of methoxy groups -OCH3 is 2. The van der Waals surface area contributed by atoms with E-state index in [9.17, 15) is 4.79 Å². The third-order valence-corrected chi connectivity index (χ3v) is 5.96. The Bertz CT molecular complexity index is 1080. The van der Waals surface area contributed by atoms with E-state index >= 15 is 0 Å². The Kier molecular flexibility index (Phi) is 5.76. The van der Waals surface area contributed by atoms with Gasteiger partial charge in [-0.2, -0.15) is 0 Å². The molecule has 1 aromatic heterocycles. The Balaban J connectivity index is 1.61. The first-order valence-electron chi connectivity index (χ1n) is 9.48. The Hall–Kier alpha value is -3.26. The molecule has 0 bridgehead atoms. The summed E-state index contributed by atoms with van der Waals surface area (Å²) in [6.45, 7) is 0.979. The highest BCUT2D eigenvalue weighted by molar-refractivity contribution is 7.99. The Morgan fingerprint density at radius 3 is 2.63 bits per heavy atom. The quantitative estimate of drug-likeness (QED) is 0.609. The molecule has 154 valence electrons. The molecular formula is C22H22N4O3S. The van der Waals surface area contributed by atoms with Gasteiger partial charge in [-0.3, -0.25) is 4.79 Å². The Labute approximate surface area is 179 Å². The minimum atomic E-state index is -0.155. The fraction of sp³-hybridized carbons (Fsp3) is 0.227. The SMILES string of the molecule is COc1ccc(CN2CCc3c(Sc4ccccc4)nc(N)nc3C2=O)c(OC)c1. The number of rotatable bonds is 6. The van der Waals surface area contributed by atoms with Crippen LogP contribution in [0, 0.1) is 0 Å². The number of nitrogen functional groups attached to an aromatic ring is 1. The van der Waals surface area contributed by atoms with E-state index in [0.717, 1.165) is 21.0 Å². The minimum Gasteiger partial charge on any atom is -0.497 e. The van der Waals surface area contributed by atoms with Crippen LogP contribution in [0.15, 0.2) is 58.5 Å². The molecular weight excluding hydrogens is 400 g/mol. The van der Waals surface area contributed by atoms with Gasteiger partial charge in [0.15, 0.2) is 0 Å². The van der Waals surface area contributed by atoms with E-state index in [1.54, 1.807) is 19.1 Å². The second-order valence-corrected chi connectivity index (χ2v) is 7.85. The van der Waals surface area contributed by atoms with Gasteiger partial charge in [0, 0.05) is 35.2 Å². The number of nitrogens with two attached hydrogens (primary N) is 1. The summed E-state index contributed by atoms with van der Waals surface area (Å²) in [7, 11) is 3.21. The lowest BCUT2D eigenvalue weighted by molar-refractivity contribution is 0.0717. The highest BCUT2D eigenvalue weighted by atomic mass is 32.2. The van der Waals surface area contributed by atoms with Crippen LogP contribution in [0.2, 0.25) is 0 Å². The molecule has 1 aliphatic rings. The van der Waals surface area contributed by atoms with Crippen molar-refractivity contribution in [2.45, 2.75) is 22.9 Å². The van der Waals surface area contributed by atoms with Crippen molar-refractivity contribution in [1.82, 2.24) is 14.9 Å². The van der Waals surface area contributed by atoms with Crippen molar-refractivity contribution in [1.29, 1.82) is 0 Å². The van der Waals surface area contributed by atoms with Gasteiger partial charge in [-0.05, 0) is 30.7 Å². The van der Waals surface area contributed by atoms with Crippen molar-refractivity contribution < 1.29 is 14.3 Å². The maximum atomic E-state index is 13.2. The van der Waals surface area contributed by atoms with Gasteiger partial charge in [-0.25, -0.2) is 9.97 Å². The molecule has 0 saturated carbocycles. The maximum absolute atomic E-state index is 13.2. The molecule has 2 aromatic carbocycles. The summed E-state index contributed by atoms with van der Waals surface area (Å²) in [6, 6.07) is 15.5. The summed E-state index contributed by atoms with van der Waals surface area (Å²) in [4.78, 5) is 24.7. The van der Waals surface area contributed by atoms with E-state index in [-0.39, 0.29) is 11.9 Å². The van der Waals surface area contributed by atoms with Crippen LogP contribution < -0.4 is 15.2 Å². The molecule has 0 unspecified atom stereocenters. The van der Waals surface area contributed by atoms with Crippen molar-refractivity contribution in [3.8, 4) is 11.5 Å². The molecule has 1 amide bonds. The molecule has 0 atom stereocenters. The Morgan fingerprint density at radius 2 is 1.90 bits per heavy atom. The molecule has 1 aliphatic heterocycles. The van der Waals surface area contributed by atoms with Crippen LogP contribution in [-0.2, 0) is 13.0 Å². The second-order valence-electron chi connectivity index (χ2n) is 6.78. The van der Waals surface area contributed by atoms with Gasteiger partial charge in [0.1, 0.15) is 22.2 Å². The number of nitrogens with zero attached hydrogens (tertiary/aromatic N) is 3. The third-order valence-electron chi connectivity index (χ3n) is 4.92. The average molecular weight is 423 g/mol. The van der Waals surface area contributed by atoms with E-state index in [1.807, 2.05) is 48.5 Å². The van der Waals surface area contributed by atoms with E-state index in [2.05, 4.69) is 9.97 Å². The molecule has 3 aromatic rings. The van der Waals surface area contributed by atoms with Crippen molar-refractivity contribution in [2.24, 2.45) is 0 Å². The topological polar surface area (TPSA) is 90.6 Å². The van der Waals surface area contributed by atoms with E-state index in [1.165, 1.54) is 11.8 Å². The number of amides is 1. The molecule has 0 fully saturated rings. The van der Waals surface area contributed by atoms with Crippen LogP contribution in [0.3, 0.4) is 0 Å². The highest BCUT2D eigenvalue weighted by Gasteiger charge is 2.30. The van der Waals surface area contributed by atoms with Gasteiger partial charge in [-0.15, -0.1) is 0 Å². The second kappa shape index (κ2) is 8.62. The number of hydrogen-bond donors (Lipinski definition) is 1. The van der Waals surface area contributed by atoms with Gasteiger partial charge < -0.3 is 20.1 Å². The lowest BCUT2D eigenvalue weighted by Crippen LogP contribution is -2.38. The zero-order valence-electron chi connectivity index (χ0n) is 16.8. The summed E-state index contributed by atoms with van der Waals surface area (Å²) in [5, 5.41) is 0.735. The van der Waals surface area contributed by atoms with E-state index in [0.29, 0.717) is 36.7 Å². The van der Waals surface area contributed by atoms with E-state index in [4.69, 9.17) is 15.2 Å². The zero-order chi connectivity index (χ0) is 21.1. The van der Waals surface area contributed by atoms with Gasteiger partial charge >= 0.3 is 0 Å². The monoisotopic (exact) mass is 422 g/mol. The molecule has 7 nitrogen and oxygen atoms in total. The van der Waals surface area contributed by atoms with Crippen LogP contribution in [0.1, 0.15) is 21.6 Å². The first-order valence-corrected chi connectivity index (χ1v) is 10.3. The molecule has 0 saturated heterocycles. The molecule has 2 N–H and O–H groups in total. The normalized spacial score (nSPS) is 13.1. The van der Waals surface area contributed by atoms with Crippen molar-refractivity contribution in [3.63, 3.8) is 0 Å². The average Bonchev–Trinajstić information content (AvgIpc) is 2.77. The van der Waals surface area contributed by atoms with Crippen LogP contribution in [0.5, 0.6) is 11.5 Å². The standard InChI is InChI=1S/C22H22N4O3S/c1-28-15-9-8-14(18(12-15)29-2)13-26-11-10-17-19(21(26)27)24-22(23)25-20(17)30-16-6-4-3-5-7-16/h3-9,12H,10-11,13H2,1-2H3,(H2,23,24,25). The predicted octanol–water partition coefficient (Wildman–Crippen LogP) is 3.43. The predicted molar refractivity (Wildman–Crippen MR) is 115 cm³/mol. The zero-order valence-corrected chi connectivity index (χ0v) is 17.6. The molecule has 8 heteroatoms. The number of fused-ring (bicyclic) bond motifs is 1. The van der Waals surface area contributed by atoms with Crippen LogP contribution in [0.4, 0.5) is 5.95 Å². The maximum Gasteiger partial charge on any atom is 0.273 e. The first kappa shape index (κ1) is 20.0. The summed E-state index contributed by atoms with van der Waals surface area (Å²) in [5.41, 5.74) is 8.06.